The second-order valence-electron chi connectivity index (χ2n) is 6.29. The number of halogens is 4. The van der Waals surface area contributed by atoms with Crippen molar-refractivity contribution >= 4 is 40.5 Å². The average Bonchev–Trinajstić information content (AvgIpc) is 3.07. The number of hydrogen-bond donors (Lipinski definition) is 2. The molecule has 2 N–H and O–H groups in total. The molecule has 0 unspecified atom stereocenters. The maximum absolute atomic E-state index is 12.9. The van der Waals surface area contributed by atoms with Gasteiger partial charge in [0.15, 0.2) is 0 Å². The number of hydrogen-bond acceptors (Lipinski definition) is 3. The van der Waals surface area contributed by atoms with E-state index in [0.717, 1.165) is 24.2 Å². The third-order valence-corrected chi connectivity index (χ3v) is 4.59. The van der Waals surface area contributed by atoms with Gasteiger partial charge < -0.3 is 15.5 Å². The minimum Gasteiger partial charge on any atom is -0.376 e. The molecule has 1 aliphatic heterocycles. The van der Waals surface area contributed by atoms with Crippen molar-refractivity contribution in [1.82, 2.24) is 0 Å². The van der Waals surface area contributed by atoms with E-state index in [4.69, 9.17) is 11.6 Å². The molecule has 1 fully saturated rings. The minimum atomic E-state index is -4.57. The number of amides is 2. The molecule has 1 heterocycles. The van der Waals surface area contributed by atoms with Gasteiger partial charge in [-0.05, 0) is 48.9 Å². The molecule has 1 saturated heterocycles. The topological polar surface area (TPSA) is 61.4 Å². The van der Waals surface area contributed by atoms with Crippen molar-refractivity contribution in [2.24, 2.45) is 0 Å². The van der Waals surface area contributed by atoms with Gasteiger partial charge >= 0.3 is 6.18 Å². The van der Waals surface area contributed by atoms with Crippen LogP contribution in [0.2, 0.25) is 5.02 Å². The fraction of sp³-hybridized carbons (Fsp3) is 0.263. The van der Waals surface area contributed by atoms with Gasteiger partial charge in [-0.2, -0.15) is 13.2 Å². The summed E-state index contributed by atoms with van der Waals surface area (Å²) in [5.41, 5.74) is 0.454. The van der Waals surface area contributed by atoms with Gasteiger partial charge in [-0.3, -0.25) is 9.59 Å². The highest BCUT2D eigenvalue weighted by Gasteiger charge is 2.33. The molecule has 2 aromatic rings. The number of anilines is 3. The Morgan fingerprint density at radius 2 is 1.79 bits per heavy atom. The molecule has 0 spiro atoms. The van der Waals surface area contributed by atoms with Crippen molar-refractivity contribution in [2.75, 3.05) is 28.6 Å². The smallest absolute Gasteiger partial charge is 0.376 e. The first-order valence-corrected chi connectivity index (χ1v) is 8.93. The molecule has 0 radical (unpaired) electrons. The van der Waals surface area contributed by atoms with Crippen LogP contribution in [-0.2, 0) is 15.8 Å². The Morgan fingerprint density at radius 3 is 2.39 bits per heavy atom. The van der Waals surface area contributed by atoms with Gasteiger partial charge in [0, 0.05) is 30.0 Å². The summed E-state index contributed by atoms with van der Waals surface area (Å²) < 4.78 is 38.6. The van der Waals surface area contributed by atoms with Crippen LogP contribution in [0.15, 0.2) is 42.5 Å². The summed E-state index contributed by atoms with van der Waals surface area (Å²) in [6, 6.07) is 10.2. The number of nitrogens with zero attached hydrogens (tertiary/aromatic N) is 1. The zero-order valence-corrected chi connectivity index (χ0v) is 15.4. The molecule has 148 valence electrons. The summed E-state index contributed by atoms with van der Waals surface area (Å²) in [7, 11) is 0. The van der Waals surface area contributed by atoms with Crippen LogP contribution in [0.1, 0.15) is 18.4 Å². The molecule has 0 bridgehead atoms. The molecule has 0 saturated carbocycles. The Morgan fingerprint density at radius 1 is 1.11 bits per heavy atom. The first-order chi connectivity index (χ1) is 13.2. The second kappa shape index (κ2) is 8.10. The van der Waals surface area contributed by atoms with E-state index >= 15 is 0 Å². The largest absolute Gasteiger partial charge is 0.417 e. The minimum absolute atomic E-state index is 0.0715. The van der Waals surface area contributed by atoms with Crippen molar-refractivity contribution in [3.63, 3.8) is 0 Å². The van der Waals surface area contributed by atoms with E-state index in [9.17, 15) is 22.8 Å². The Labute approximate surface area is 164 Å². The van der Waals surface area contributed by atoms with Gasteiger partial charge in [0.05, 0.1) is 17.1 Å². The van der Waals surface area contributed by atoms with E-state index in [1.807, 2.05) is 0 Å². The third kappa shape index (κ3) is 4.75. The third-order valence-electron chi connectivity index (χ3n) is 4.26. The summed E-state index contributed by atoms with van der Waals surface area (Å²) in [6.45, 7) is 0.459. The van der Waals surface area contributed by atoms with Crippen LogP contribution >= 0.6 is 11.6 Å². The van der Waals surface area contributed by atoms with E-state index in [2.05, 4.69) is 10.6 Å². The van der Waals surface area contributed by atoms with Crippen LogP contribution in [0, 0.1) is 0 Å². The molecular formula is C19H17ClF3N3O2. The van der Waals surface area contributed by atoms with Crippen LogP contribution in [-0.4, -0.2) is 24.9 Å². The summed E-state index contributed by atoms with van der Waals surface area (Å²) in [5.74, 6) is -0.351. The first kappa shape index (κ1) is 20.0. The predicted molar refractivity (Wildman–Crippen MR) is 102 cm³/mol. The highest BCUT2D eigenvalue weighted by atomic mass is 35.5. The van der Waals surface area contributed by atoms with Crippen LogP contribution in [0.3, 0.4) is 0 Å². The van der Waals surface area contributed by atoms with Crippen LogP contribution < -0.4 is 15.5 Å². The average molecular weight is 412 g/mol. The number of carbonyl (C=O) groups excluding carboxylic acids is 2. The number of benzene rings is 2. The molecule has 28 heavy (non-hydrogen) atoms. The van der Waals surface area contributed by atoms with Crippen molar-refractivity contribution in [3.8, 4) is 0 Å². The Kier molecular flexibility index (Phi) is 5.79. The summed E-state index contributed by atoms with van der Waals surface area (Å²) >= 11 is 5.57. The maximum atomic E-state index is 12.9. The van der Waals surface area contributed by atoms with Crippen molar-refractivity contribution in [1.29, 1.82) is 0 Å². The molecule has 9 heteroatoms. The summed E-state index contributed by atoms with van der Waals surface area (Å²) in [6.07, 6.45) is -3.22. The molecule has 0 aliphatic carbocycles. The van der Waals surface area contributed by atoms with E-state index < -0.39 is 22.7 Å². The molecule has 1 aliphatic rings. The second-order valence-corrected chi connectivity index (χ2v) is 6.70. The zero-order chi connectivity index (χ0) is 20.3. The molecule has 2 aromatic carbocycles. The molecular weight excluding hydrogens is 395 g/mol. The number of carbonyl (C=O) groups is 2. The van der Waals surface area contributed by atoms with Crippen molar-refractivity contribution in [2.45, 2.75) is 19.0 Å². The fourth-order valence-electron chi connectivity index (χ4n) is 2.89. The lowest BCUT2D eigenvalue weighted by Gasteiger charge is -2.16. The number of alkyl halides is 3. The molecule has 0 aromatic heterocycles. The van der Waals surface area contributed by atoms with E-state index in [-0.39, 0.29) is 18.1 Å². The predicted octanol–water partition coefficient (Wildman–Crippen LogP) is 4.54. The molecule has 5 nitrogen and oxygen atoms in total. The van der Waals surface area contributed by atoms with Gasteiger partial charge in [0.1, 0.15) is 0 Å². The summed E-state index contributed by atoms with van der Waals surface area (Å²) in [4.78, 5) is 25.5. The standard InChI is InChI=1S/C19H17ClF3N3O2/c20-16-8-5-13(10-15(16)19(21,22)23)24-11-17(27)25-12-3-6-14(7-4-12)26-9-1-2-18(26)28/h3-8,10,24H,1-2,9,11H2,(H,25,27). The highest BCUT2D eigenvalue weighted by Crippen LogP contribution is 2.36. The lowest BCUT2D eigenvalue weighted by Crippen LogP contribution is -2.24. The Balaban J connectivity index is 1.57. The van der Waals surface area contributed by atoms with Gasteiger partial charge in [0.25, 0.3) is 0 Å². The van der Waals surface area contributed by atoms with Crippen LogP contribution in [0.5, 0.6) is 0 Å². The SMILES string of the molecule is O=C(CNc1ccc(Cl)c(C(F)(F)F)c1)Nc1ccc(N2CCCC2=O)cc1. The van der Waals surface area contributed by atoms with Gasteiger partial charge in [-0.15, -0.1) is 0 Å². The Bertz CT molecular complexity index is 885. The molecule has 3 rings (SSSR count). The number of nitrogens with one attached hydrogen (secondary N) is 2. The first-order valence-electron chi connectivity index (χ1n) is 8.55. The van der Waals surface area contributed by atoms with Gasteiger partial charge in [-0.1, -0.05) is 11.6 Å². The molecule has 2 amide bonds. The Hall–Kier alpha value is -2.74. The highest BCUT2D eigenvalue weighted by molar-refractivity contribution is 6.31. The van der Waals surface area contributed by atoms with Crippen LogP contribution in [0.25, 0.3) is 0 Å². The fourth-order valence-corrected chi connectivity index (χ4v) is 3.11. The zero-order valence-electron chi connectivity index (χ0n) is 14.6. The maximum Gasteiger partial charge on any atom is 0.417 e. The molecule has 0 atom stereocenters. The number of rotatable bonds is 5. The quantitative estimate of drug-likeness (QED) is 0.759. The lowest BCUT2D eigenvalue weighted by atomic mass is 10.2. The van der Waals surface area contributed by atoms with Gasteiger partial charge in [-0.25, -0.2) is 0 Å². The van der Waals surface area contributed by atoms with E-state index in [1.165, 1.54) is 6.07 Å². The van der Waals surface area contributed by atoms with Crippen LogP contribution in [0.4, 0.5) is 30.2 Å². The van der Waals surface area contributed by atoms with Crippen molar-refractivity contribution in [3.05, 3.63) is 53.1 Å². The normalized spacial score (nSPS) is 14.3. The van der Waals surface area contributed by atoms with Crippen molar-refractivity contribution < 1.29 is 22.8 Å². The monoisotopic (exact) mass is 411 g/mol. The lowest BCUT2D eigenvalue weighted by molar-refractivity contribution is -0.137. The summed E-state index contributed by atoms with van der Waals surface area (Å²) in [5, 5.41) is 4.88. The van der Waals surface area contributed by atoms with E-state index in [0.29, 0.717) is 18.7 Å². The van der Waals surface area contributed by atoms with Gasteiger partial charge in [0.2, 0.25) is 11.8 Å². The van der Waals surface area contributed by atoms with E-state index in [1.54, 1.807) is 29.2 Å².